The monoisotopic (exact) mass is 280 g/mol. The van der Waals surface area contributed by atoms with E-state index in [1.807, 2.05) is 0 Å². The maximum absolute atomic E-state index is 11.3. The Bertz CT molecular complexity index is 432. The molecule has 1 aliphatic heterocycles. The Kier molecular flexibility index (Phi) is 5.49. The summed E-state index contributed by atoms with van der Waals surface area (Å²) in [6.45, 7) is 6.29. The molecule has 1 unspecified atom stereocenters. The van der Waals surface area contributed by atoms with Crippen LogP contribution in [-0.2, 0) is 6.54 Å². The lowest BCUT2D eigenvalue weighted by Gasteiger charge is -2.19. The number of carbonyl (C=O) groups excluding carboxylic acids is 1. The summed E-state index contributed by atoms with van der Waals surface area (Å²) in [5, 5.41) is 7.74. The summed E-state index contributed by atoms with van der Waals surface area (Å²) in [5.74, 6) is 5.54. The Labute approximate surface area is 119 Å². The van der Waals surface area contributed by atoms with Gasteiger partial charge in [0.05, 0.1) is 12.7 Å². The minimum absolute atomic E-state index is 0.259. The van der Waals surface area contributed by atoms with Gasteiger partial charge in [0, 0.05) is 6.54 Å². The van der Waals surface area contributed by atoms with Gasteiger partial charge in [-0.1, -0.05) is 18.6 Å². The molecule has 0 radical (unpaired) electrons. The van der Waals surface area contributed by atoms with Gasteiger partial charge in [-0.15, -0.1) is 5.10 Å². The Morgan fingerprint density at radius 3 is 3.05 bits per heavy atom. The van der Waals surface area contributed by atoms with Crippen molar-refractivity contribution in [3.05, 3.63) is 11.9 Å². The van der Waals surface area contributed by atoms with Gasteiger partial charge in [0.1, 0.15) is 0 Å². The van der Waals surface area contributed by atoms with Crippen LogP contribution in [0.3, 0.4) is 0 Å². The summed E-state index contributed by atoms with van der Waals surface area (Å²) in [7, 11) is 0. The van der Waals surface area contributed by atoms with Crippen molar-refractivity contribution in [2.45, 2.75) is 39.2 Å². The first-order valence-electron chi connectivity index (χ1n) is 7.36. The van der Waals surface area contributed by atoms with Crippen molar-refractivity contribution >= 4 is 5.91 Å². The van der Waals surface area contributed by atoms with Gasteiger partial charge in [0.15, 0.2) is 5.69 Å². The quantitative estimate of drug-likeness (QED) is 0.463. The molecular weight excluding hydrogens is 256 g/mol. The number of hydrogen-bond acceptors (Lipinski definition) is 5. The molecule has 7 nitrogen and oxygen atoms in total. The first-order chi connectivity index (χ1) is 9.72. The van der Waals surface area contributed by atoms with Crippen molar-refractivity contribution in [2.24, 2.45) is 11.8 Å². The molecule has 1 atom stereocenters. The van der Waals surface area contributed by atoms with Gasteiger partial charge in [-0.3, -0.25) is 14.9 Å². The van der Waals surface area contributed by atoms with Crippen LogP contribution < -0.4 is 11.3 Å². The van der Waals surface area contributed by atoms with E-state index in [1.165, 1.54) is 25.7 Å². The molecule has 0 spiro atoms. The third-order valence-corrected chi connectivity index (χ3v) is 4.07. The van der Waals surface area contributed by atoms with Gasteiger partial charge < -0.3 is 4.90 Å². The first kappa shape index (κ1) is 14.9. The van der Waals surface area contributed by atoms with E-state index in [4.69, 9.17) is 5.84 Å². The zero-order valence-corrected chi connectivity index (χ0v) is 12.1. The van der Waals surface area contributed by atoms with Crippen LogP contribution in [0.5, 0.6) is 0 Å². The summed E-state index contributed by atoms with van der Waals surface area (Å²) < 4.78 is 1.70. The van der Waals surface area contributed by atoms with E-state index in [9.17, 15) is 4.79 Å². The Hall–Kier alpha value is -1.47. The second-order valence-corrected chi connectivity index (χ2v) is 5.39. The molecule has 20 heavy (non-hydrogen) atoms. The van der Waals surface area contributed by atoms with E-state index < -0.39 is 5.91 Å². The Morgan fingerprint density at radius 2 is 2.30 bits per heavy atom. The number of rotatable bonds is 5. The molecule has 1 aromatic rings. The maximum atomic E-state index is 11.3. The fourth-order valence-electron chi connectivity index (χ4n) is 2.69. The van der Waals surface area contributed by atoms with Gasteiger partial charge in [-0.2, -0.15) is 0 Å². The van der Waals surface area contributed by atoms with Crippen LogP contribution in [-0.4, -0.2) is 45.4 Å². The second-order valence-electron chi connectivity index (χ2n) is 5.39. The zero-order valence-electron chi connectivity index (χ0n) is 12.1. The van der Waals surface area contributed by atoms with Crippen molar-refractivity contribution in [2.75, 3.05) is 19.6 Å². The number of aromatic nitrogens is 3. The highest BCUT2D eigenvalue weighted by atomic mass is 16.2. The van der Waals surface area contributed by atoms with Crippen molar-refractivity contribution in [3.63, 3.8) is 0 Å². The van der Waals surface area contributed by atoms with Gasteiger partial charge in [0.2, 0.25) is 0 Å². The molecule has 1 aliphatic rings. The molecular formula is C13H24N6O. The summed E-state index contributed by atoms with van der Waals surface area (Å²) in [6.07, 6.45) is 6.83. The van der Waals surface area contributed by atoms with E-state index in [0.717, 1.165) is 32.1 Å². The topological polar surface area (TPSA) is 89.1 Å². The lowest BCUT2D eigenvalue weighted by atomic mass is 9.98. The average Bonchev–Trinajstić information content (AvgIpc) is 2.83. The maximum Gasteiger partial charge on any atom is 0.287 e. The Balaban J connectivity index is 1.80. The molecule has 3 N–H and O–H groups in total. The third-order valence-electron chi connectivity index (χ3n) is 4.07. The van der Waals surface area contributed by atoms with Crippen LogP contribution in [0.1, 0.15) is 43.1 Å². The molecule has 2 rings (SSSR count). The molecule has 1 fully saturated rings. The number of hydrogen-bond donors (Lipinski definition) is 2. The fourth-order valence-corrected chi connectivity index (χ4v) is 2.69. The summed E-state index contributed by atoms with van der Waals surface area (Å²) in [5.41, 5.74) is 2.31. The lowest BCUT2D eigenvalue weighted by molar-refractivity contribution is 0.0948. The van der Waals surface area contributed by atoms with Gasteiger partial charge in [-0.25, -0.2) is 5.84 Å². The van der Waals surface area contributed by atoms with Crippen molar-refractivity contribution in [1.29, 1.82) is 0 Å². The molecule has 7 heteroatoms. The molecule has 1 saturated heterocycles. The number of nitrogen functional groups attached to an aromatic ring is 1. The first-order valence-corrected chi connectivity index (χ1v) is 7.36. The van der Waals surface area contributed by atoms with Crippen molar-refractivity contribution in [3.8, 4) is 0 Å². The molecule has 0 saturated carbocycles. The SMILES string of the molecule is CCC1CCCN(CCn2cc(C(=O)NN)nn2)CC1. The van der Waals surface area contributed by atoms with E-state index >= 15 is 0 Å². The van der Waals surface area contributed by atoms with Crippen LogP contribution in [0.4, 0.5) is 0 Å². The highest BCUT2D eigenvalue weighted by molar-refractivity contribution is 5.91. The predicted molar refractivity (Wildman–Crippen MR) is 75.7 cm³/mol. The number of hydrazine groups is 1. The summed E-state index contributed by atoms with van der Waals surface area (Å²) in [4.78, 5) is 13.8. The highest BCUT2D eigenvalue weighted by Gasteiger charge is 2.16. The smallest absolute Gasteiger partial charge is 0.287 e. The van der Waals surface area contributed by atoms with Gasteiger partial charge >= 0.3 is 0 Å². The van der Waals surface area contributed by atoms with Crippen LogP contribution in [0.2, 0.25) is 0 Å². The minimum atomic E-state index is -0.406. The molecule has 112 valence electrons. The van der Waals surface area contributed by atoms with E-state index in [1.54, 1.807) is 10.9 Å². The van der Waals surface area contributed by atoms with E-state index in [2.05, 4.69) is 27.6 Å². The third kappa shape index (κ3) is 4.01. The lowest BCUT2D eigenvalue weighted by Crippen LogP contribution is -2.30. The number of nitrogens with two attached hydrogens (primary N) is 1. The predicted octanol–water partition coefficient (Wildman–Crippen LogP) is 0.394. The minimum Gasteiger partial charge on any atom is -0.301 e. The van der Waals surface area contributed by atoms with Crippen LogP contribution >= 0.6 is 0 Å². The summed E-state index contributed by atoms with van der Waals surface area (Å²) >= 11 is 0. The van der Waals surface area contributed by atoms with Gasteiger partial charge in [0.25, 0.3) is 5.91 Å². The molecule has 0 aliphatic carbocycles. The second kappa shape index (κ2) is 7.35. The van der Waals surface area contributed by atoms with Crippen LogP contribution in [0.15, 0.2) is 6.20 Å². The van der Waals surface area contributed by atoms with Crippen molar-refractivity contribution in [1.82, 2.24) is 25.3 Å². The standard InChI is InChI=1S/C13H24N6O/c1-2-11-4-3-6-18(7-5-11)8-9-19-10-12(16-17-19)13(20)15-14/h10-11H,2-9,14H2,1H3,(H,15,20). The Morgan fingerprint density at radius 1 is 1.45 bits per heavy atom. The van der Waals surface area contributed by atoms with E-state index in [0.29, 0.717) is 0 Å². The molecule has 1 amide bonds. The zero-order chi connectivity index (χ0) is 14.4. The molecule has 2 heterocycles. The molecule has 0 bridgehead atoms. The number of nitrogens with zero attached hydrogens (tertiary/aromatic N) is 4. The summed E-state index contributed by atoms with van der Waals surface area (Å²) in [6, 6.07) is 0. The van der Waals surface area contributed by atoms with Crippen LogP contribution in [0.25, 0.3) is 0 Å². The fraction of sp³-hybridized carbons (Fsp3) is 0.769. The average molecular weight is 280 g/mol. The van der Waals surface area contributed by atoms with E-state index in [-0.39, 0.29) is 5.69 Å². The molecule has 0 aromatic carbocycles. The van der Waals surface area contributed by atoms with Crippen LogP contribution in [0, 0.1) is 5.92 Å². The normalized spacial score (nSPS) is 20.6. The van der Waals surface area contributed by atoms with Crippen molar-refractivity contribution < 1.29 is 4.79 Å². The number of likely N-dealkylation sites (tertiary alicyclic amines) is 1. The number of carbonyl (C=O) groups is 1. The molecule has 1 aromatic heterocycles. The number of nitrogens with one attached hydrogen (secondary N) is 1. The highest BCUT2D eigenvalue weighted by Crippen LogP contribution is 2.19. The largest absolute Gasteiger partial charge is 0.301 e. The number of amides is 1. The van der Waals surface area contributed by atoms with Gasteiger partial charge in [-0.05, 0) is 38.3 Å².